The zero-order valence-corrected chi connectivity index (χ0v) is 18.8. The lowest BCUT2D eigenvalue weighted by Crippen LogP contribution is -2.05. The van der Waals surface area contributed by atoms with Gasteiger partial charge in [0.2, 0.25) is 5.90 Å². The number of cyclic esters (lactones) is 1. The third-order valence-corrected chi connectivity index (χ3v) is 5.32. The lowest BCUT2D eigenvalue weighted by atomic mass is 10.1. The molecule has 7 heteroatoms. The number of aliphatic imine (C=N–C) groups is 1. The van der Waals surface area contributed by atoms with Crippen LogP contribution in [-0.2, 0) is 16.0 Å². The number of carbonyl (C=O) groups is 1. The van der Waals surface area contributed by atoms with Gasteiger partial charge in [-0.15, -0.1) is 0 Å². The molecule has 0 atom stereocenters. The van der Waals surface area contributed by atoms with Gasteiger partial charge in [-0.05, 0) is 63.5 Å². The number of ether oxygens (including phenoxy) is 3. The molecule has 0 spiro atoms. The fourth-order valence-electron chi connectivity index (χ4n) is 3.19. The van der Waals surface area contributed by atoms with E-state index in [2.05, 4.69) is 20.9 Å². The lowest BCUT2D eigenvalue weighted by molar-refractivity contribution is -0.129. The molecule has 3 aromatic carbocycles. The first-order valence-corrected chi connectivity index (χ1v) is 10.7. The predicted octanol–water partition coefficient (Wildman–Crippen LogP) is 5.56. The number of nitrogens with zero attached hydrogens (tertiary/aromatic N) is 1. The molecule has 1 aliphatic rings. The Hall–Kier alpha value is -3.45. The fourth-order valence-corrected chi connectivity index (χ4v) is 3.77. The van der Waals surface area contributed by atoms with E-state index in [1.165, 1.54) is 23.8 Å². The molecular weight excluding hydrogens is 477 g/mol. The maximum Gasteiger partial charge on any atom is 0.363 e. The van der Waals surface area contributed by atoms with Gasteiger partial charge in [0.15, 0.2) is 17.2 Å². The zero-order chi connectivity index (χ0) is 22.5. The Balaban J connectivity index is 1.54. The molecule has 4 rings (SSSR count). The average Bonchev–Trinajstić information content (AvgIpc) is 3.16. The first kappa shape index (κ1) is 21.8. The summed E-state index contributed by atoms with van der Waals surface area (Å²) in [5.74, 6) is 0.105. The zero-order valence-electron chi connectivity index (χ0n) is 17.2. The van der Waals surface area contributed by atoms with Crippen molar-refractivity contribution in [3.63, 3.8) is 0 Å². The summed E-state index contributed by atoms with van der Waals surface area (Å²) in [5, 5.41) is 0. The molecule has 0 unspecified atom stereocenters. The molecule has 0 fully saturated rings. The van der Waals surface area contributed by atoms with Crippen LogP contribution in [0.4, 0.5) is 4.39 Å². The van der Waals surface area contributed by atoms with Gasteiger partial charge in [-0.3, -0.25) is 0 Å². The summed E-state index contributed by atoms with van der Waals surface area (Å²) in [4.78, 5) is 16.5. The Bertz CT molecular complexity index is 1210. The Labute approximate surface area is 193 Å². The van der Waals surface area contributed by atoms with E-state index in [4.69, 9.17) is 14.2 Å². The van der Waals surface area contributed by atoms with Gasteiger partial charge in [0, 0.05) is 12.0 Å². The molecule has 0 aromatic heterocycles. The predicted molar refractivity (Wildman–Crippen MR) is 123 cm³/mol. The van der Waals surface area contributed by atoms with Crippen molar-refractivity contribution in [3.8, 4) is 11.5 Å². The average molecular weight is 496 g/mol. The SMILES string of the molecule is COc1cc(/C=C2\N=C(c3cccc(F)c3)OC2=O)cc(Br)c1OCCc1ccccc1. The highest BCUT2D eigenvalue weighted by atomic mass is 79.9. The molecule has 162 valence electrons. The third kappa shape index (κ3) is 5.06. The topological polar surface area (TPSA) is 57.1 Å². The van der Waals surface area contributed by atoms with Crippen molar-refractivity contribution < 1.29 is 23.4 Å². The number of halogens is 2. The highest BCUT2D eigenvalue weighted by Crippen LogP contribution is 2.37. The van der Waals surface area contributed by atoms with Crippen molar-refractivity contribution in [2.75, 3.05) is 13.7 Å². The molecule has 0 saturated carbocycles. The van der Waals surface area contributed by atoms with Crippen LogP contribution >= 0.6 is 15.9 Å². The van der Waals surface area contributed by atoms with Crippen LogP contribution < -0.4 is 9.47 Å². The Morgan fingerprint density at radius 1 is 1.09 bits per heavy atom. The van der Waals surface area contributed by atoms with Gasteiger partial charge in [0.25, 0.3) is 0 Å². The van der Waals surface area contributed by atoms with Crippen molar-refractivity contribution in [2.24, 2.45) is 4.99 Å². The number of benzene rings is 3. The van der Waals surface area contributed by atoms with Crippen LogP contribution in [-0.4, -0.2) is 25.6 Å². The van der Waals surface area contributed by atoms with Gasteiger partial charge < -0.3 is 14.2 Å². The van der Waals surface area contributed by atoms with Crippen LogP contribution in [0.25, 0.3) is 6.08 Å². The van der Waals surface area contributed by atoms with E-state index < -0.39 is 11.8 Å². The molecule has 0 amide bonds. The summed E-state index contributed by atoms with van der Waals surface area (Å²) in [5.41, 5.74) is 2.34. The second kappa shape index (κ2) is 9.78. The number of esters is 1. The van der Waals surface area contributed by atoms with Crippen molar-refractivity contribution in [1.82, 2.24) is 0 Å². The smallest absolute Gasteiger partial charge is 0.363 e. The van der Waals surface area contributed by atoms with E-state index >= 15 is 0 Å². The van der Waals surface area contributed by atoms with Gasteiger partial charge in [-0.1, -0.05) is 36.4 Å². The van der Waals surface area contributed by atoms with Crippen LogP contribution in [0.3, 0.4) is 0 Å². The third-order valence-electron chi connectivity index (χ3n) is 4.73. The molecular formula is C25H19BrFNO4. The normalized spacial score (nSPS) is 14.3. The summed E-state index contributed by atoms with van der Waals surface area (Å²) < 4.78 is 30.8. The first-order valence-electron chi connectivity index (χ1n) is 9.86. The molecule has 1 aliphatic heterocycles. The summed E-state index contributed by atoms with van der Waals surface area (Å²) in [6.07, 6.45) is 2.33. The number of methoxy groups -OCH3 is 1. The number of hydrogen-bond donors (Lipinski definition) is 0. The van der Waals surface area contributed by atoms with Crippen molar-refractivity contribution >= 4 is 33.9 Å². The van der Waals surface area contributed by atoms with E-state index in [1.807, 2.05) is 30.3 Å². The maximum atomic E-state index is 13.5. The molecule has 0 N–H and O–H groups in total. The number of hydrogen-bond acceptors (Lipinski definition) is 5. The van der Waals surface area contributed by atoms with Gasteiger partial charge in [-0.25, -0.2) is 14.2 Å². The summed E-state index contributed by atoms with van der Waals surface area (Å²) in [6, 6.07) is 19.3. The quantitative estimate of drug-likeness (QED) is 0.318. The van der Waals surface area contributed by atoms with Crippen molar-refractivity contribution in [3.05, 3.63) is 99.4 Å². The molecule has 32 heavy (non-hydrogen) atoms. The Morgan fingerprint density at radius 2 is 1.91 bits per heavy atom. The van der Waals surface area contributed by atoms with Gasteiger partial charge in [-0.2, -0.15) is 0 Å². The molecule has 0 radical (unpaired) electrons. The van der Waals surface area contributed by atoms with E-state index in [1.54, 1.807) is 31.4 Å². The van der Waals surface area contributed by atoms with E-state index in [-0.39, 0.29) is 11.6 Å². The maximum absolute atomic E-state index is 13.5. The van der Waals surface area contributed by atoms with Crippen LogP contribution in [0.15, 0.2) is 81.9 Å². The number of rotatable bonds is 7. The van der Waals surface area contributed by atoms with Gasteiger partial charge in [0.05, 0.1) is 18.2 Å². The van der Waals surface area contributed by atoms with Crippen LogP contribution in [0.5, 0.6) is 11.5 Å². The Kier molecular flexibility index (Phi) is 6.66. The Morgan fingerprint density at radius 3 is 2.66 bits per heavy atom. The summed E-state index contributed by atoms with van der Waals surface area (Å²) in [7, 11) is 1.55. The molecule has 0 aliphatic carbocycles. The second-order valence-corrected chi connectivity index (χ2v) is 7.82. The minimum Gasteiger partial charge on any atom is -0.493 e. The summed E-state index contributed by atoms with van der Waals surface area (Å²) >= 11 is 3.52. The van der Waals surface area contributed by atoms with E-state index in [0.29, 0.717) is 33.7 Å². The van der Waals surface area contributed by atoms with Gasteiger partial charge in [0.1, 0.15) is 5.82 Å². The lowest BCUT2D eigenvalue weighted by Gasteiger charge is -2.13. The van der Waals surface area contributed by atoms with Crippen molar-refractivity contribution in [2.45, 2.75) is 6.42 Å². The van der Waals surface area contributed by atoms with E-state index in [9.17, 15) is 9.18 Å². The highest BCUT2D eigenvalue weighted by molar-refractivity contribution is 9.10. The standard InChI is InChI=1S/C25H19BrFNO4/c1-30-22-14-17(12-20(26)23(22)31-11-10-16-6-3-2-4-7-16)13-21-25(29)32-24(28-21)18-8-5-9-19(27)15-18/h2-9,12-15H,10-11H2,1H3/b21-13-. The van der Waals surface area contributed by atoms with E-state index in [0.717, 1.165) is 6.42 Å². The summed E-state index contributed by atoms with van der Waals surface area (Å²) in [6.45, 7) is 0.479. The van der Waals surface area contributed by atoms with Crippen LogP contribution in [0, 0.1) is 5.82 Å². The van der Waals surface area contributed by atoms with Gasteiger partial charge >= 0.3 is 5.97 Å². The monoisotopic (exact) mass is 495 g/mol. The number of carbonyl (C=O) groups excluding carboxylic acids is 1. The highest BCUT2D eigenvalue weighted by Gasteiger charge is 2.24. The van der Waals surface area contributed by atoms with Crippen molar-refractivity contribution in [1.29, 1.82) is 0 Å². The first-order chi connectivity index (χ1) is 15.5. The van der Waals surface area contributed by atoms with Crippen LogP contribution in [0.2, 0.25) is 0 Å². The molecule has 0 bridgehead atoms. The molecule has 0 saturated heterocycles. The second-order valence-electron chi connectivity index (χ2n) is 6.96. The molecule has 1 heterocycles. The largest absolute Gasteiger partial charge is 0.493 e. The molecule has 5 nitrogen and oxygen atoms in total. The molecule has 3 aromatic rings. The fraction of sp³-hybridized carbons (Fsp3) is 0.120. The minimum atomic E-state index is -0.609. The minimum absolute atomic E-state index is 0.0626. The van der Waals surface area contributed by atoms with Crippen LogP contribution in [0.1, 0.15) is 16.7 Å².